The minimum atomic E-state index is -0.389. The average molecular weight is 631 g/mol. The Kier molecular flexibility index (Phi) is 8.20. The SMILES string of the molecule is CCOc1cc(C=c2sc3n(c2=O)C(c2cc(OC)ccc2OC)C2=C(N=3)c3ccccc3CC2)ccc1OCc1ccccc1. The zero-order valence-corrected chi connectivity index (χ0v) is 26.8. The van der Waals surface area contributed by atoms with Gasteiger partial charge < -0.3 is 18.9 Å². The molecule has 4 aromatic carbocycles. The van der Waals surface area contributed by atoms with Gasteiger partial charge in [-0.15, -0.1) is 0 Å². The van der Waals surface area contributed by atoms with Crippen LogP contribution in [0.4, 0.5) is 0 Å². The second kappa shape index (κ2) is 12.7. The van der Waals surface area contributed by atoms with Gasteiger partial charge in [0.1, 0.15) is 18.1 Å². The molecule has 7 rings (SSSR count). The Hall–Kier alpha value is -5.08. The van der Waals surface area contributed by atoms with Crippen molar-refractivity contribution < 1.29 is 18.9 Å². The Morgan fingerprint density at radius 2 is 1.67 bits per heavy atom. The number of nitrogens with zero attached hydrogens (tertiary/aromatic N) is 2. The first kappa shape index (κ1) is 29.6. The molecule has 5 aromatic rings. The summed E-state index contributed by atoms with van der Waals surface area (Å²) < 4.78 is 25.9. The summed E-state index contributed by atoms with van der Waals surface area (Å²) in [6, 6.07) is 29.5. The van der Waals surface area contributed by atoms with Gasteiger partial charge in [-0.25, -0.2) is 4.99 Å². The summed E-state index contributed by atoms with van der Waals surface area (Å²) in [4.78, 5) is 20.1. The molecular formula is C38H34N2O5S. The third-order valence-electron chi connectivity index (χ3n) is 8.41. The number of methoxy groups -OCH3 is 2. The monoisotopic (exact) mass is 630 g/mol. The van der Waals surface area contributed by atoms with Crippen molar-refractivity contribution in [2.75, 3.05) is 20.8 Å². The fourth-order valence-corrected chi connectivity index (χ4v) is 7.24. The number of thiazole rings is 1. The van der Waals surface area contributed by atoms with Crippen molar-refractivity contribution in [1.82, 2.24) is 4.57 Å². The first-order chi connectivity index (χ1) is 22.6. The van der Waals surface area contributed by atoms with E-state index < -0.39 is 0 Å². The summed E-state index contributed by atoms with van der Waals surface area (Å²) in [5.74, 6) is 2.68. The lowest BCUT2D eigenvalue weighted by atomic mass is 9.83. The molecule has 232 valence electrons. The number of rotatable bonds is 9. The van der Waals surface area contributed by atoms with Crippen LogP contribution in [-0.4, -0.2) is 25.4 Å². The predicted molar refractivity (Wildman–Crippen MR) is 181 cm³/mol. The highest BCUT2D eigenvalue weighted by molar-refractivity contribution is 7.07. The van der Waals surface area contributed by atoms with Crippen LogP contribution in [0, 0.1) is 0 Å². The van der Waals surface area contributed by atoms with E-state index in [0.717, 1.165) is 46.4 Å². The standard InChI is InChI=1S/C38H34N2O5S/c1-4-44-33-20-25(14-18-32(33)45-23-24-10-6-5-7-11-24)21-34-37(41)40-36(30-22-27(42-2)16-19-31(30)43-3)29-17-15-26-12-8-9-13-28(26)35(29)39-38(40)46-34/h5-14,16,18-22,36H,4,15,17,23H2,1-3H3. The summed E-state index contributed by atoms with van der Waals surface area (Å²) in [6.45, 7) is 2.86. The molecule has 0 N–H and O–H groups in total. The largest absolute Gasteiger partial charge is 0.497 e. The van der Waals surface area contributed by atoms with Crippen LogP contribution in [0.5, 0.6) is 23.0 Å². The second-order valence-electron chi connectivity index (χ2n) is 11.1. The summed E-state index contributed by atoms with van der Waals surface area (Å²) in [5.41, 5.74) is 7.08. The first-order valence-electron chi connectivity index (χ1n) is 15.4. The minimum Gasteiger partial charge on any atom is -0.497 e. The van der Waals surface area contributed by atoms with E-state index in [2.05, 4.69) is 18.2 Å². The van der Waals surface area contributed by atoms with E-state index >= 15 is 0 Å². The zero-order chi connectivity index (χ0) is 31.6. The number of fused-ring (bicyclic) bond motifs is 3. The van der Waals surface area contributed by atoms with E-state index in [1.54, 1.807) is 14.2 Å². The van der Waals surface area contributed by atoms with Gasteiger partial charge >= 0.3 is 0 Å². The Labute approximate surface area is 271 Å². The highest BCUT2D eigenvalue weighted by Gasteiger charge is 2.34. The van der Waals surface area contributed by atoms with E-state index in [1.165, 1.54) is 16.9 Å². The van der Waals surface area contributed by atoms with Gasteiger partial charge in [0.25, 0.3) is 5.56 Å². The molecule has 2 aliphatic rings. The molecule has 2 heterocycles. The zero-order valence-electron chi connectivity index (χ0n) is 26.0. The van der Waals surface area contributed by atoms with Gasteiger partial charge in [-0.05, 0) is 78.4 Å². The summed E-state index contributed by atoms with van der Waals surface area (Å²) in [7, 11) is 3.30. The van der Waals surface area contributed by atoms with Gasteiger partial charge in [0.2, 0.25) is 0 Å². The molecule has 0 bridgehead atoms. The molecule has 0 fully saturated rings. The van der Waals surface area contributed by atoms with Crippen LogP contribution in [-0.2, 0) is 13.0 Å². The van der Waals surface area contributed by atoms with Crippen LogP contribution >= 0.6 is 11.3 Å². The van der Waals surface area contributed by atoms with E-state index in [-0.39, 0.29) is 11.6 Å². The molecule has 1 aromatic heterocycles. The van der Waals surface area contributed by atoms with Crippen LogP contribution in [0.25, 0.3) is 11.8 Å². The number of allylic oxidation sites excluding steroid dienone is 1. The Balaban J connectivity index is 1.36. The predicted octanol–water partition coefficient (Wildman–Crippen LogP) is 6.31. The maximum Gasteiger partial charge on any atom is 0.271 e. The minimum absolute atomic E-state index is 0.105. The molecule has 0 radical (unpaired) electrons. The maximum atomic E-state index is 14.3. The number of aryl methyl sites for hydroxylation is 1. The third kappa shape index (κ3) is 5.49. The summed E-state index contributed by atoms with van der Waals surface area (Å²) in [5, 5.41) is 0. The van der Waals surface area contributed by atoms with Crippen LogP contribution in [0.1, 0.15) is 47.2 Å². The van der Waals surface area contributed by atoms with E-state index in [1.807, 2.05) is 90.4 Å². The fourth-order valence-electron chi connectivity index (χ4n) is 6.24. The second-order valence-corrected chi connectivity index (χ2v) is 12.1. The quantitative estimate of drug-likeness (QED) is 0.191. The lowest BCUT2D eigenvalue weighted by molar-refractivity contribution is 0.269. The molecule has 0 saturated heterocycles. The van der Waals surface area contributed by atoms with Crippen LogP contribution < -0.4 is 33.8 Å². The molecule has 0 amide bonds. The van der Waals surface area contributed by atoms with Gasteiger partial charge in [0.05, 0.1) is 37.1 Å². The van der Waals surface area contributed by atoms with Gasteiger partial charge in [-0.1, -0.05) is 72.0 Å². The molecule has 0 spiro atoms. The summed E-state index contributed by atoms with van der Waals surface area (Å²) >= 11 is 1.39. The van der Waals surface area contributed by atoms with Gasteiger partial charge in [0.15, 0.2) is 16.3 Å². The molecule has 1 unspecified atom stereocenters. The van der Waals surface area contributed by atoms with E-state index in [0.29, 0.717) is 45.5 Å². The topological polar surface area (TPSA) is 71.3 Å². The van der Waals surface area contributed by atoms with Crippen molar-refractivity contribution >= 4 is 23.1 Å². The van der Waals surface area contributed by atoms with Crippen LogP contribution in [0.15, 0.2) is 106 Å². The van der Waals surface area contributed by atoms with Crippen LogP contribution in [0.2, 0.25) is 0 Å². The average Bonchev–Trinajstić information content (AvgIpc) is 3.40. The molecule has 1 atom stereocenters. The van der Waals surface area contributed by atoms with Crippen molar-refractivity contribution in [2.45, 2.75) is 32.4 Å². The Morgan fingerprint density at radius 3 is 2.48 bits per heavy atom. The number of hydrogen-bond acceptors (Lipinski definition) is 7. The van der Waals surface area contributed by atoms with Gasteiger partial charge in [-0.2, -0.15) is 0 Å². The number of hydrogen-bond donors (Lipinski definition) is 0. The molecule has 8 heteroatoms. The third-order valence-corrected chi connectivity index (χ3v) is 9.39. The summed E-state index contributed by atoms with van der Waals surface area (Å²) in [6.07, 6.45) is 3.56. The lowest BCUT2D eigenvalue weighted by Gasteiger charge is -2.31. The highest BCUT2D eigenvalue weighted by Crippen LogP contribution is 2.44. The van der Waals surface area contributed by atoms with Crippen molar-refractivity contribution in [2.24, 2.45) is 4.99 Å². The number of benzene rings is 4. The van der Waals surface area contributed by atoms with Crippen molar-refractivity contribution in [3.63, 3.8) is 0 Å². The number of ether oxygens (including phenoxy) is 4. The van der Waals surface area contributed by atoms with E-state index in [9.17, 15) is 4.79 Å². The first-order valence-corrected chi connectivity index (χ1v) is 16.2. The lowest BCUT2D eigenvalue weighted by Crippen LogP contribution is -2.39. The van der Waals surface area contributed by atoms with Crippen molar-refractivity contribution in [3.05, 3.63) is 144 Å². The Morgan fingerprint density at radius 1 is 0.870 bits per heavy atom. The van der Waals surface area contributed by atoms with Crippen LogP contribution in [0.3, 0.4) is 0 Å². The van der Waals surface area contributed by atoms with Gasteiger partial charge in [-0.3, -0.25) is 9.36 Å². The fraction of sp³-hybridized carbons (Fsp3) is 0.211. The molecule has 1 aliphatic carbocycles. The maximum absolute atomic E-state index is 14.3. The van der Waals surface area contributed by atoms with Crippen molar-refractivity contribution in [1.29, 1.82) is 0 Å². The van der Waals surface area contributed by atoms with E-state index in [4.69, 9.17) is 23.9 Å². The molecule has 7 nitrogen and oxygen atoms in total. The smallest absolute Gasteiger partial charge is 0.271 e. The molecule has 46 heavy (non-hydrogen) atoms. The normalized spacial score (nSPS) is 15.4. The molecule has 0 saturated carbocycles. The Bertz CT molecular complexity index is 2130. The van der Waals surface area contributed by atoms with Gasteiger partial charge in [0, 0.05) is 11.1 Å². The molecule has 1 aliphatic heterocycles. The highest BCUT2D eigenvalue weighted by atomic mass is 32.1. The number of aromatic nitrogens is 1. The molecular weight excluding hydrogens is 596 g/mol. The van der Waals surface area contributed by atoms with Crippen molar-refractivity contribution in [3.8, 4) is 23.0 Å².